The molecule has 1 aromatic carbocycles. The number of amides is 1. The average Bonchev–Trinajstić information content (AvgIpc) is 3.05. The first-order valence-electron chi connectivity index (χ1n) is 8.41. The second-order valence-electron chi connectivity index (χ2n) is 6.23. The molecule has 26 heavy (non-hydrogen) atoms. The molecule has 0 saturated carbocycles. The number of hydrogen-bond acceptors (Lipinski definition) is 6. The van der Waals surface area contributed by atoms with Gasteiger partial charge in [0.25, 0.3) is 5.91 Å². The maximum atomic E-state index is 12.4. The molecule has 0 aliphatic rings. The summed E-state index contributed by atoms with van der Waals surface area (Å²) in [5.74, 6) is 1.13. The van der Waals surface area contributed by atoms with Crippen molar-refractivity contribution in [1.82, 2.24) is 15.1 Å². The summed E-state index contributed by atoms with van der Waals surface area (Å²) in [6, 6.07) is 13.5. The van der Waals surface area contributed by atoms with E-state index in [2.05, 4.69) is 46.4 Å². The zero-order valence-corrected chi connectivity index (χ0v) is 15.0. The number of aryl methyl sites for hydroxylation is 1. The molecular formula is C19H21N5O2. The first kappa shape index (κ1) is 17.6. The van der Waals surface area contributed by atoms with Gasteiger partial charge in [0.15, 0.2) is 5.82 Å². The van der Waals surface area contributed by atoms with Crippen LogP contribution in [0.5, 0.6) is 0 Å². The summed E-state index contributed by atoms with van der Waals surface area (Å²) in [4.78, 5) is 23.3. The highest BCUT2D eigenvalue weighted by Crippen LogP contribution is 2.16. The zero-order valence-electron chi connectivity index (χ0n) is 15.0. The molecule has 0 aliphatic heterocycles. The SMILES string of the molecule is Cc1cc(NC(=O)c2ccnc(N(Cc3ccccc3)C(C)C)n2)no1. The van der Waals surface area contributed by atoms with Crippen LogP contribution in [0.4, 0.5) is 11.8 Å². The molecule has 134 valence electrons. The Labute approximate surface area is 152 Å². The van der Waals surface area contributed by atoms with E-state index in [1.807, 2.05) is 23.1 Å². The van der Waals surface area contributed by atoms with Crippen molar-refractivity contribution >= 4 is 17.7 Å². The Morgan fingerprint density at radius 3 is 2.65 bits per heavy atom. The van der Waals surface area contributed by atoms with E-state index < -0.39 is 0 Å². The van der Waals surface area contributed by atoms with Crippen molar-refractivity contribution in [2.24, 2.45) is 0 Å². The van der Waals surface area contributed by atoms with Crippen molar-refractivity contribution in [2.45, 2.75) is 33.4 Å². The number of hydrogen-bond donors (Lipinski definition) is 1. The highest BCUT2D eigenvalue weighted by molar-refractivity contribution is 6.02. The third kappa shape index (κ3) is 4.24. The van der Waals surface area contributed by atoms with Crippen LogP contribution in [-0.4, -0.2) is 27.1 Å². The van der Waals surface area contributed by atoms with Crippen LogP contribution in [0.25, 0.3) is 0 Å². The van der Waals surface area contributed by atoms with Crippen molar-refractivity contribution in [1.29, 1.82) is 0 Å². The molecule has 0 atom stereocenters. The summed E-state index contributed by atoms with van der Waals surface area (Å²) in [6.07, 6.45) is 1.59. The van der Waals surface area contributed by atoms with Gasteiger partial charge in [-0.05, 0) is 32.4 Å². The minimum absolute atomic E-state index is 0.173. The van der Waals surface area contributed by atoms with Crippen LogP contribution in [0, 0.1) is 6.92 Å². The van der Waals surface area contributed by atoms with Crippen molar-refractivity contribution < 1.29 is 9.32 Å². The topological polar surface area (TPSA) is 84.2 Å². The van der Waals surface area contributed by atoms with Gasteiger partial charge in [0.05, 0.1) is 0 Å². The van der Waals surface area contributed by atoms with Crippen LogP contribution >= 0.6 is 0 Å². The predicted octanol–water partition coefficient (Wildman–Crippen LogP) is 3.44. The van der Waals surface area contributed by atoms with Gasteiger partial charge in [0, 0.05) is 24.8 Å². The third-order valence-corrected chi connectivity index (χ3v) is 3.82. The Hall–Kier alpha value is -3.22. The molecular weight excluding hydrogens is 330 g/mol. The number of benzene rings is 1. The molecule has 0 fully saturated rings. The molecule has 0 radical (unpaired) electrons. The van der Waals surface area contributed by atoms with E-state index in [1.165, 1.54) is 0 Å². The van der Waals surface area contributed by atoms with Crippen LogP contribution in [0.1, 0.15) is 35.7 Å². The van der Waals surface area contributed by atoms with Gasteiger partial charge in [-0.1, -0.05) is 35.5 Å². The van der Waals surface area contributed by atoms with Crippen molar-refractivity contribution in [3.8, 4) is 0 Å². The fraction of sp³-hybridized carbons (Fsp3) is 0.263. The highest BCUT2D eigenvalue weighted by Gasteiger charge is 2.17. The molecule has 0 spiro atoms. The van der Waals surface area contributed by atoms with E-state index in [0.29, 0.717) is 24.1 Å². The van der Waals surface area contributed by atoms with Gasteiger partial charge in [-0.25, -0.2) is 9.97 Å². The van der Waals surface area contributed by atoms with E-state index in [-0.39, 0.29) is 17.6 Å². The maximum absolute atomic E-state index is 12.4. The fourth-order valence-corrected chi connectivity index (χ4v) is 2.48. The third-order valence-electron chi connectivity index (χ3n) is 3.82. The van der Waals surface area contributed by atoms with Gasteiger partial charge in [0.1, 0.15) is 11.5 Å². The molecule has 3 aromatic rings. The van der Waals surface area contributed by atoms with Gasteiger partial charge in [0.2, 0.25) is 5.95 Å². The number of carbonyl (C=O) groups excluding carboxylic acids is 1. The zero-order chi connectivity index (χ0) is 18.5. The van der Waals surface area contributed by atoms with Crippen LogP contribution in [-0.2, 0) is 6.54 Å². The number of anilines is 2. The minimum atomic E-state index is -0.356. The lowest BCUT2D eigenvalue weighted by Crippen LogP contribution is -2.32. The van der Waals surface area contributed by atoms with Crippen LogP contribution in [0.3, 0.4) is 0 Å². The Bertz CT molecular complexity index is 876. The summed E-state index contributed by atoms with van der Waals surface area (Å²) in [5, 5.41) is 6.43. The second-order valence-corrected chi connectivity index (χ2v) is 6.23. The number of aromatic nitrogens is 3. The van der Waals surface area contributed by atoms with Gasteiger partial charge >= 0.3 is 0 Å². The molecule has 3 rings (SSSR count). The van der Waals surface area contributed by atoms with Crippen molar-refractivity contribution in [2.75, 3.05) is 10.2 Å². The summed E-state index contributed by atoms with van der Waals surface area (Å²) in [6.45, 7) is 6.55. The standard InChI is InChI=1S/C19H21N5O2/c1-13(2)24(12-15-7-5-4-6-8-15)19-20-10-9-16(21-19)18(25)22-17-11-14(3)26-23-17/h4-11,13H,12H2,1-3H3,(H,22,23,25). The number of nitrogens with zero attached hydrogens (tertiary/aromatic N) is 4. The molecule has 2 heterocycles. The molecule has 1 N–H and O–H groups in total. The molecule has 1 amide bonds. The number of carbonyl (C=O) groups is 1. The molecule has 0 aliphatic carbocycles. The molecule has 7 nitrogen and oxygen atoms in total. The lowest BCUT2D eigenvalue weighted by atomic mass is 10.2. The Morgan fingerprint density at radius 1 is 1.23 bits per heavy atom. The predicted molar refractivity (Wildman–Crippen MR) is 99.0 cm³/mol. The first-order valence-corrected chi connectivity index (χ1v) is 8.41. The van der Waals surface area contributed by atoms with Gasteiger partial charge in [-0.15, -0.1) is 0 Å². The van der Waals surface area contributed by atoms with Gasteiger partial charge < -0.3 is 14.7 Å². The highest BCUT2D eigenvalue weighted by atomic mass is 16.5. The van der Waals surface area contributed by atoms with Crippen LogP contribution in [0.2, 0.25) is 0 Å². The Kier molecular flexibility index (Phi) is 5.26. The normalized spacial score (nSPS) is 10.8. The largest absolute Gasteiger partial charge is 0.360 e. The maximum Gasteiger partial charge on any atom is 0.275 e. The van der Waals surface area contributed by atoms with Crippen LogP contribution < -0.4 is 10.2 Å². The monoisotopic (exact) mass is 351 g/mol. The van der Waals surface area contributed by atoms with E-state index in [9.17, 15) is 4.79 Å². The van der Waals surface area contributed by atoms with Crippen LogP contribution in [0.15, 0.2) is 53.2 Å². The quantitative estimate of drug-likeness (QED) is 0.732. The van der Waals surface area contributed by atoms with E-state index in [1.54, 1.807) is 25.3 Å². The lowest BCUT2D eigenvalue weighted by Gasteiger charge is -2.27. The minimum Gasteiger partial charge on any atom is -0.360 e. The van der Waals surface area contributed by atoms with E-state index in [0.717, 1.165) is 5.56 Å². The summed E-state index contributed by atoms with van der Waals surface area (Å²) in [5.41, 5.74) is 1.42. The fourth-order valence-electron chi connectivity index (χ4n) is 2.48. The molecule has 2 aromatic heterocycles. The number of nitrogens with one attached hydrogen (secondary N) is 1. The second kappa shape index (κ2) is 7.77. The Morgan fingerprint density at radius 2 is 2.00 bits per heavy atom. The summed E-state index contributed by atoms with van der Waals surface area (Å²) < 4.78 is 4.96. The summed E-state index contributed by atoms with van der Waals surface area (Å²) in [7, 11) is 0. The Balaban J connectivity index is 1.80. The van der Waals surface area contributed by atoms with Crippen molar-refractivity contribution in [3.63, 3.8) is 0 Å². The average molecular weight is 351 g/mol. The number of rotatable bonds is 6. The van der Waals surface area contributed by atoms with E-state index in [4.69, 9.17) is 4.52 Å². The lowest BCUT2D eigenvalue weighted by molar-refractivity contribution is 0.102. The molecule has 7 heteroatoms. The molecule has 0 unspecified atom stereocenters. The van der Waals surface area contributed by atoms with E-state index >= 15 is 0 Å². The van der Waals surface area contributed by atoms with Crippen molar-refractivity contribution in [3.05, 3.63) is 65.7 Å². The summed E-state index contributed by atoms with van der Waals surface area (Å²) >= 11 is 0. The smallest absolute Gasteiger partial charge is 0.275 e. The molecule has 0 saturated heterocycles. The van der Waals surface area contributed by atoms with Gasteiger partial charge in [-0.3, -0.25) is 4.79 Å². The molecule has 0 bridgehead atoms. The first-order chi connectivity index (χ1) is 12.5. The van der Waals surface area contributed by atoms with Gasteiger partial charge in [-0.2, -0.15) is 0 Å².